The highest BCUT2D eigenvalue weighted by Crippen LogP contribution is 2.45. The van der Waals surface area contributed by atoms with Gasteiger partial charge in [-0.1, -0.05) is 256 Å². The molecule has 0 aromatic heterocycles. The summed E-state index contributed by atoms with van der Waals surface area (Å²) in [4.78, 5) is 58.5. The first-order chi connectivity index (χ1) is 47.2. The number of hydrogen-bond donors (Lipinski definition) is 4. The number of phosphoric acid groups is 2. The summed E-state index contributed by atoms with van der Waals surface area (Å²) in [6.45, 7) is 2.42. The van der Waals surface area contributed by atoms with Crippen molar-refractivity contribution in [1.29, 1.82) is 0 Å². The maximum Gasteiger partial charge on any atom is 0.472 e. The van der Waals surface area contributed by atoms with Gasteiger partial charge in [0.2, 0.25) is 0 Å². The lowest BCUT2D eigenvalue weighted by Gasteiger charge is -2.21. The first-order valence-corrected chi connectivity index (χ1v) is 40.1. The second-order valence-corrected chi connectivity index (χ2v) is 27.3. The maximum atomic E-state index is 12.9. The van der Waals surface area contributed by atoms with Gasteiger partial charge in [-0.15, -0.1) is 0 Å². The summed E-state index contributed by atoms with van der Waals surface area (Å²) in [5.41, 5.74) is 0. The Kier molecular flexibility index (Phi) is 67.9. The fraction of sp³-hybridized carbons (Fsp3) is 0.658. The molecule has 0 aromatic carbocycles. The summed E-state index contributed by atoms with van der Waals surface area (Å²) in [6, 6.07) is 0. The van der Waals surface area contributed by atoms with Crippen LogP contribution in [-0.4, -0.2) is 95.9 Å². The number of esters is 3. The normalized spacial score (nSPS) is 14.9. The highest BCUT2D eigenvalue weighted by Gasteiger charge is 2.29. The van der Waals surface area contributed by atoms with E-state index in [1.807, 2.05) is 0 Å². The summed E-state index contributed by atoms with van der Waals surface area (Å²) in [5, 5.41) is 20.6. The summed E-state index contributed by atoms with van der Waals surface area (Å²) < 4.78 is 61.0. The summed E-state index contributed by atoms with van der Waals surface area (Å²) >= 11 is 0. The molecule has 0 spiro atoms. The van der Waals surface area contributed by atoms with Gasteiger partial charge in [-0.05, 0) is 148 Å². The van der Waals surface area contributed by atoms with E-state index in [1.165, 1.54) is 70.6 Å². The van der Waals surface area contributed by atoms with Crippen molar-refractivity contribution in [3.8, 4) is 0 Å². The SMILES string of the molecule is CC/C=C\C/C=C\C/C=C\C/C=C\C/C=C\C/C=C\CCCCC(=O)OCC(COP(=O)(O)OCC(O)COP(=O)(O)OCC(O)COC(=O)CCCCCCCCCCC/C=C\C/C=C\C/C=C\C/C=C\CCCCC)OC(=O)CCCCCCC/C=C\C/C=C\CCCCC. The molecule has 5 atom stereocenters. The van der Waals surface area contributed by atoms with Crippen LogP contribution in [-0.2, 0) is 55.8 Å². The molecule has 0 aliphatic carbocycles. The van der Waals surface area contributed by atoms with Gasteiger partial charge >= 0.3 is 33.6 Å². The zero-order chi connectivity index (χ0) is 70.9. The van der Waals surface area contributed by atoms with E-state index in [9.17, 15) is 43.5 Å². The van der Waals surface area contributed by atoms with E-state index in [0.717, 1.165) is 148 Å². The minimum atomic E-state index is -4.95. The molecular weight excluding hydrogens is 1270 g/mol. The van der Waals surface area contributed by atoms with Gasteiger partial charge in [0.15, 0.2) is 6.10 Å². The zero-order valence-corrected chi connectivity index (χ0v) is 62.0. The first kappa shape index (κ1) is 92.4. The Morgan fingerprint density at radius 1 is 0.299 bits per heavy atom. The maximum absolute atomic E-state index is 12.9. The van der Waals surface area contributed by atoms with Crippen LogP contribution in [0.1, 0.15) is 278 Å². The summed E-state index contributed by atoms with van der Waals surface area (Å²) in [7, 11) is -9.81. The lowest BCUT2D eigenvalue weighted by molar-refractivity contribution is -0.161. The number of allylic oxidation sites excluding steroid dienone is 24. The standard InChI is InChI=1S/C79H132O16P2/c1-4-7-10-13-16-19-22-25-28-30-32-34-35-36-37-39-41-42-45-47-50-53-56-59-62-65-77(82)89-68-74(80)69-91-96(85,86)92-70-75(81)71-93-97(87,88)94-73-76(95-79(84)67-64-61-58-55-52-49-44-27-24-21-18-15-12-9-6-3)72-90-78(83)66-63-60-57-54-51-48-46-43-40-38-33-31-29-26-23-20-17-14-11-8-5-2/h8,11,16-21,25-29,32-34,36-38,43-44,46,51,54,74-76,80-81H,4-7,9-10,12-15,22-24,30-31,35,39-42,45,47-50,52-53,55-73H2,1-3H3,(H,85,86)(H,87,88)/b11-8-,19-16-,20-17-,21-18-,28-25-,29-26-,34-32-,37-36-,38-33-,44-27-,46-43-,54-51-. The molecule has 18 heteroatoms. The van der Waals surface area contributed by atoms with E-state index in [0.29, 0.717) is 19.3 Å². The smallest absolute Gasteiger partial charge is 0.463 e. The Morgan fingerprint density at radius 2 is 0.546 bits per heavy atom. The molecule has 0 rings (SSSR count). The Bertz CT molecular complexity index is 2350. The van der Waals surface area contributed by atoms with Gasteiger partial charge in [0.1, 0.15) is 25.4 Å². The van der Waals surface area contributed by atoms with E-state index in [2.05, 4.69) is 167 Å². The molecule has 0 radical (unpaired) electrons. The minimum absolute atomic E-state index is 0.0738. The van der Waals surface area contributed by atoms with E-state index < -0.39 is 91.5 Å². The number of rotatable bonds is 69. The second-order valence-electron chi connectivity index (χ2n) is 24.4. The Hall–Kier alpha value is -4.57. The lowest BCUT2D eigenvalue weighted by atomic mass is 10.1. The lowest BCUT2D eigenvalue weighted by Crippen LogP contribution is -2.30. The minimum Gasteiger partial charge on any atom is -0.463 e. The van der Waals surface area contributed by atoms with Crippen molar-refractivity contribution in [2.45, 2.75) is 296 Å². The highest BCUT2D eigenvalue weighted by molar-refractivity contribution is 7.47. The number of carbonyl (C=O) groups excluding carboxylic acids is 3. The monoisotopic (exact) mass is 1400 g/mol. The molecule has 0 saturated carbocycles. The molecule has 0 amide bonds. The van der Waals surface area contributed by atoms with Crippen LogP contribution in [0.5, 0.6) is 0 Å². The average Bonchev–Trinajstić information content (AvgIpc) is 2.08. The van der Waals surface area contributed by atoms with Gasteiger partial charge < -0.3 is 34.2 Å². The van der Waals surface area contributed by atoms with E-state index in [1.54, 1.807) is 0 Å². The highest BCUT2D eigenvalue weighted by atomic mass is 31.2. The third-order valence-corrected chi connectivity index (χ3v) is 16.9. The van der Waals surface area contributed by atoms with Gasteiger partial charge in [0, 0.05) is 19.3 Å². The number of hydrogen-bond acceptors (Lipinski definition) is 14. The third-order valence-electron chi connectivity index (χ3n) is 15.0. The molecular formula is C79H132O16P2. The van der Waals surface area contributed by atoms with Crippen molar-refractivity contribution in [2.75, 3.05) is 39.6 Å². The van der Waals surface area contributed by atoms with Crippen molar-refractivity contribution in [1.82, 2.24) is 0 Å². The van der Waals surface area contributed by atoms with Crippen LogP contribution in [0.25, 0.3) is 0 Å². The molecule has 0 aromatic rings. The number of aliphatic hydroxyl groups is 2. The van der Waals surface area contributed by atoms with Crippen LogP contribution in [0.3, 0.4) is 0 Å². The zero-order valence-electron chi connectivity index (χ0n) is 60.2. The van der Waals surface area contributed by atoms with Crippen molar-refractivity contribution >= 4 is 33.6 Å². The molecule has 97 heavy (non-hydrogen) atoms. The van der Waals surface area contributed by atoms with Gasteiger partial charge in [-0.25, -0.2) is 9.13 Å². The molecule has 0 saturated heterocycles. The molecule has 0 heterocycles. The molecule has 16 nitrogen and oxygen atoms in total. The average molecular weight is 1400 g/mol. The predicted octanol–water partition coefficient (Wildman–Crippen LogP) is 21.3. The number of unbranched alkanes of at least 4 members (excludes halogenated alkanes) is 22. The Morgan fingerprint density at radius 3 is 0.887 bits per heavy atom. The van der Waals surface area contributed by atoms with E-state index in [4.69, 9.17) is 32.3 Å². The van der Waals surface area contributed by atoms with Crippen LogP contribution in [0, 0.1) is 0 Å². The number of aliphatic hydroxyl groups excluding tert-OH is 2. The largest absolute Gasteiger partial charge is 0.472 e. The topological polar surface area (TPSA) is 231 Å². The van der Waals surface area contributed by atoms with Gasteiger partial charge in [-0.3, -0.25) is 32.5 Å². The molecule has 554 valence electrons. The molecule has 0 fully saturated rings. The number of carbonyl (C=O) groups is 3. The molecule has 5 unspecified atom stereocenters. The van der Waals surface area contributed by atoms with Crippen molar-refractivity contribution < 1.29 is 75.8 Å². The van der Waals surface area contributed by atoms with Crippen LogP contribution < -0.4 is 0 Å². The fourth-order valence-electron chi connectivity index (χ4n) is 9.35. The molecule has 0 aliphatic heterocycles. The van der Waals surface area contributed by atoms with Crippen molar-refractivity contribution in [3.05, 3.63) is 146 Å². The molecule has 4 N–H and O–H groups in total. The Balaban J connectivity index is 4.67. The van der Waals surface area contributed by atoms with Gasteiger partial charge in [-0.2, -0.15) is 0 Å². The third kappa shape index (κ3) is 72.5. The van der Waals surface area contributed by atoms with Crippen LogP contribution in [0.2, 0.25) is 0 Å². The van der Waals surface area contributed by atoms with Crippen LogP contribution in [0.4, 0.5) is 0 Å². The summed E-state index contributed by atoms with van der Waals surface area (Å²) in [5.74, 6) is -1.65. The molecule has 0 aliphatic rings. The van der Waals surface area contributed by atoms with Crippen molar-refractivity contribution in [2.24, 2.45) is 0 Å². The van der Waals surface area contributed by atoms with Crippen LogP contribution in [0.15, 0.2) is 146 Å². The van der Waals surface area contributed by atoms with Gasteiger partial charge in [0.25, 0.3) is 0 Å². The van der Waals surface area contributed by atoms with E-state index in [-0.39, 0.29) is 19.3 Å². The predicted molar refractivity (Wildman–Crippen MR) is 399 cm³/mol. The van der Waals surface area contributed by atoms with Crippen molar-refractivity contribution in [3.63, 3.8) is 0 Å². The van der Waals surface area contributed by atoms with Crippen LogP contribution >= 0.6 is 15.6 Å². The quantitative estimate of drug-likeness (QED) is 0.0146. The number of ether oxygens (including phenoxy) is 3. The molecule has 0 bridgehead atoms. The Labute approximate surface area is 587 Å². The fourth-order valence-corrected chi connectivity index (χ4v) is 10.9. The van der Waals surface area contributed by atoms with Gasteiger partial charge in [0.05, 0.1) is 26.4 Å². The van der Waals surface area contributed by atoms with E-state index >= 15 is 0 Å². The number of phosphoric ester groups is 2. The summed E-state index contributed by atoms with van der Waals surface area (Å²) in [6.07, 6.45) is 86.1. The second kappa shape index (κ2) is 71.3. The first-order valence-electron chi connectivity index (χ1n) is 37.1.